The van der Waals surface area contributed by atoms with Crippen LogP contribution in [-0.4, -0.2) is 56.1 Å². The number of piperidine rings is 1. The van der Waals surface area contributed by atoms with Crippen LogP contribution in [0.15, 0.2) is 0 Å². The molecule has 1 saturated heterocycles. The Morgan fingerprint density at radius 1 is 1.25 bits per heavy atom. The number of hydrogen-bond donors (Lipinski definition) is 1. The van der Waals surface area contributed by atoms with Crippen molar-refractivity contribution in [3.8, 4) is 0 Å². The first-order valence-electron chi connectivity index (χ1n) is 7.53. The van der Waals surface area contributed by atoms with Crippen molar-refractivity contribution in [2.75, 3.05) is 32.8 Å². The van der Waals surface area contributed by atoms with Crippen LogP contribution in [0.5, 0.6) is 0 Å². The van der Waals surface area contributed by atoms with Gasteiger partial charge < -0.3 is 15.0 Å². The third kappa shape index (κ3) is 5.32. The summed E-state index contributed by atoms with van der Waals surface area (Å²) in [5.74, 6) is 0.628. The van der Waals surface area contributed by atoms with Gasteiger partial charge in [-0.05, 0) is 44.7 Å². The summed E-state index contributed by atoms with van der Waals surface area (Å²) >= 11 is 0. The molecule has 0 unspecified atom stereocenters. The molecule has 0 spiro atoms. The van der Waals surface area contributed by atoms with Crippen molar-refractivity contribution in [2.24, 2.45) is 5.92 Å². The summed E-state index contributed by atoms with van der Waals surface area (Å²) in [6.07, 6.45) is 2.13. The number of rotatable bonds is 8. The molecule has 0 bridgehead atoms. The van der Waals surface area contributed by atoms with E-state index in [0.717, 1.165) is 45.3 Å². The summed E-state index contributed by atoms with van der Waals surface area (Å²) in [6.45, 7) is 2.38. The molecule has 2 rings (SSSR count). The van der Waals surface area contributed by atoms with E-state index < -0.39 is 13.0 Å². The van der Waals surface area contributed by atoms with Crippen molar-refractivity contribution in [1.82, 2.24) is 10.2 Å². The molecule has 1 N–H and O–H groups in total. The molecular formula is C14H24F2N2O2. The number of hydrogen-bond acceptors (Lipinski definition) is 3. The zero-order valence-electron chi connectivity index (χ0n) is 11.8. The van der Waals surface area contributed by atoms with Gasteiger partial charge in [-0.2, -0.15) is 0 Å². The molecule has 0 aromatic heterocycles. The third-order valence-electron chi connectivity index (χ3n) is 3.93. The van der Waals surface area contributed by atoms with Crippen molar-refractivity contribution < 1.29 is 18.3 Å². The first kappa shape index (κ1) is 15.6. The quantitative estimate of drug-likeness (QED) is 0.691. The molecule has 2 fully saturated rings. The van der Waals surface area contributed by atoms with E-state index in [9.17, 15) is 13.6 Å². The zero-order chi connectivity index (χ0) is 14.4. The molecule has 2 aliphatic rings. The largest absolute Gasteiger partial charge is 0.375 e. The van der Waals surface area contributed by atoms with Gasteiger partial charge in [-0.25, -0.2) is 8.78 Å². The molecule has 1 amide bonds. The predicted molar refractivity (Wildman–Crippen MR) is 71.8 cm³/mol. The minimum absolute atomic E-state index is 0.0558. The second-order valence-corrected chi connectivity index (χ2v) is 5.69. The number of nitrogens with one attached hydrogen (secondary N) is 1. The molecule has 0 radical (unpaired) electrons. The molecule has 1 aliphatic heterocycles. The van der Waals surface area contributed by atoms with Gasteiger partial charge in [0, 0.05) is 12.6 Å². The van der Waals surface area contributed by atoms with Gasteiger partial charge in [0.1, 0.15) is 6.61 Å². The molecule has 20 heavy (non-hydrogen) atoms. The maximum atomic E-state index is 12.2. The predicted octanol–water partition coefficient (Wildman–Crippen LogP) is 1.65. The molecular weight excluding hydrogens is 266 g/mol. The van der Waals surface area contributed by atoms with E-state index in [1.54, 1.807) is 0 Å². The molecule has 6 heteroatoms. The minimum Gasteiger partial charge on any atom is -0.375 e. The normalized spacial score (nSPS) is 20.4. The van der Waals surface area contributed by atoms with E-state index in [4.69, 9.17) is 4.74 Å². The van der Waals surface area contributed by atoms with Gasteiger partial charge in [0.15, 0.2) is 0 Å². The second-order valence-electron chi connectivity index (χ2n) is 5.69. The summed E-state index contributed by atoms with van der Waals surface area (Å²) < 4.78 is 28.7. The number of halogens is 2. The Bertz CT molecular complexity index is 306. The highest BCUT2D eigenvalue weighted by Crippen LogP contribution is 2.29. The van der Waals surface area contributed by atoms with E-state index in [1.165, 1.54) is 0 Å². The fraction of sp³-hybridized carbons (Fsp3) is 0.929. The fourth-order valence-corrected chi connectivity index (χ4v) is 2.66. The van der Waals surface area contributed by atoms with Crippen molar-refractivity contribution in [3.05, 3.63) is 0 Å². The fourth-order valence-electron chi connectivity index (χ4n) is 2.66. The highest BCUT2D eigenvalue weighted by molar-refractivity contribution is 5.77. The average Bonchev–Trinajstić information content (AvgIpc) is 3.26. The molecule has 0 aromatic rings. The van der Waals surface area contributed by atoms with E-state index in [0.29, 0.717) is 12.0 Å². The van der Waals surface area contributed by atoms with Crippen LogP contribution in [0.4, 0.5) is 8.78 Å². The number of ether oxygens (including phenoxy) is 1. The Balaban J connectivity index is 1.71. The van der Waals surface area contributed by atoms with Crippen LogP contribution >= 0.6 is 0 Å². The highest BCUT2D eigenvalue weighted by atomic mass is 19.3. The number of alkyl halides is 2. The van der Waals surface area contributed by atoms with E-state index in [2.05, 4.69) is 5.32 Å². The van der Waals surface area contributed by atoms with E-state index in [1.807, 2.05) is 4.90 Å². The SMILES string of the molecule is O=C(CCOCC(F)F)N(CC1CCNCC1)C1CC1. The van der Waals surface area contributed by atoms with Gasteiger partial charge >= 0.3 is 0 Å². The Hall–Kier alpha value is -0.750. The summed E-state index contributed by atoms with van der Waals surface area (Å²) in [6, 6.07) is 0.382. The van der Waals surface area contributed by atoms with Crippen LogP contribution in [-0.2, 0) is 9.53 Å². The highest BCUT2D eigenvalue weighted by Gasteiger charge is 2.33. The lowest BCUT2D eigenvalue weighted by molar-refractivity contribution is -0.134. The Kier molecular flexibility index (Phi) is 6.16. The number of carbonyl (C=O) groups excluding carboxylic acids is 1. The van der Waals surface area contributed by atoms with Gasteiger partial charge in [0.2, 0.25) is 5.91 Å². The van der Waals surface area contributed by atoms with Gasteiger partial charge in [-0.15, -0.1) is 0 Å². The first-order chi connectivity index (χ1) is 9.66. The van der Waals surface area contributed by atoms with Gasteiger partial charge in [-0.3, -0.25) is 4.79 Å². The topological polar surface area (TPSA) is 41.6 Å². The van der Waals surface area contributed by atoms with Gasteiger partial charge in [-0.1, -0.05) is 0 Å². The maximum Gasteiger partial charge on any atom is 0.261 e. The minimum atomic E-state index is -2.46. The Labute approximate surface area is 118 Å². The lowest BCUT2D eigenvalue weighted by Crippen LogP contribution is -2.41. The second kappa shape index (κ2) is 7.88. The summed E-state index contributed by atoms with van der Waals surface area (Å²) in [5.41, 5.74) is 0. The molecule has 0 aromatic carbocycles. The first-order valence-corrected chi connectivity index (χ1v) is 7.53. The van der Waals surface area contributed by atoms with Crippen molar-refractivity contribution in [1.29, 1.82) is 0 Å². The van der Waals surface area contributed by atoms with Crippen molar-refractivity contribution in [3.63, 3.8) is 0 Å². The number of amides is 1. The van der Waals surface area contributed by atoms with Crippen LogP contribution in [0, 0.1) is 5.92 Å². The number of nitrogens with zero attached hydrogens (tertiary/aromatic N) is 1. The van der Waals surface area contributed by atoms with Gasteiger partial charge in [0.05, 0.1) is 13.0 Å². The molecule has 1 aliphatic carbocycles. The van der Waals surface area contributed by atoms with Crippen LogP contribution in [0.3, 0.4) is 0 Å². The lowest BCUT2D eigenvalue weighted by Gasteiger charge is -2.30. The van der Waals surface area contributed by atoms with E-state index in [-0.39, 0.29) is 18.9 Å². The maximum absolute atomic E-state index is 12.2. The summed E-state index contributed by atoms with van der Waals surface area (Å²) in [4.78, 5) is 14.1. The zero-order valence-corrected chi connectivity index (χ0v) is 11.8. The monoisotopic (exact) mass is 290 g/mol. The van der Waals surface area contributed by atoms with Crippen molar-refractivity contribution >= 4 is 5.91 Å². The molecule has 116 valence electrons. The molecule has 1 heterocycles. The summed E-state index contributed by atoms with van der Waals surface area (Å²) in [7, 11) is 0. The Morgan fingerprint density at radius 2 is 1.95 bits per heavy atom. The molecule has 1 saturated carbocycles. The summed E-state index contributed by atoms with van der Waals surface area (Å²) in [5, 5.41) is 3.32. The van der Waals surface area contributed by atoms with Gasteiger partial charge in [0.25, 0.3) is 6.43 Å². The molecule has 0 atom stereocenters. The Morgan fingerprint density at radius 3 is 2.55 bits per heavy atom. The average molecular weight is 290 g/mol. The standard InChI is InChI=1S/C14H24F2N2O2/c15-13(16)10-20-8-5-14(19)18(12-1-2-12)9-11-3-6-17-7-4-11/h11-13,17H,1-10H2. The van der Waals surface area contributed by atoms with Crippen LogP contribution in [0.1, 0.15) is 32.1 Å². The van der Waals surface area contributed by atoms with Crippen LogP contribution in [0.25, 0.3) is 0 Å². The van der Waals surface area contributed by atoms with Crippen LogP contribution < -0.4 is 5.32 Å². The van der Waals surface area contributed by atoms with Crippen molar-refractivity contribution in [2.45, 2.75) is 44.6 Å². The molecule has 4 nitrogen and oxygen atoms in total. The van der Waals surface area contributed by atoms with Crippen LogP contribution in [0.2, 0.25) is 0 Å². The van der Waals surface area contributed by atoms with E-state index >= 15 is 0 Å². The number of carbonyl (C=O) groups is 1. The lowest BCUT2D eigenvalue weighted by atomic mass is 9.97. The third-order valence-corrected chi connectivity index (χ3v) is 3.93. The smallest absolute Gasteiger partial charge is 0.261 e.